The third kappa shape index (κ3) is 17.4. The van der Waals surface area contributed by atoms with Gasteiger partial charge in [-0.25, -0.2) is 47.5 Å². The Bertz CT molecular complexity index is 4490. The number of amides is 5. The van der Waals surface area contributed by atoms with E-state index in [9.17, 15) is 24.0 Å². The molecule has 10 aromatic rings. The molecule has 5 aliphatic heterocycles. The van der Waals surface area contributed by atoms with Crippen LogP contribution < -0.4 is 51.1 Å². The normalized spacial score (nSPS) is 18.7. The summed E-state index contributed by atoms with van der Waals surface area (Å²) in [6.45, 7) is 34.3. The van der Waals surface area contributed by atoms with Gasteiger partial charge in [-0.05, 0) is 141 Å². The average Bonchev–Trinajstić information content (AvgIpc) is 1.66. The lowest BCUT2D eigenvalue weighted by molar-refractivity contribution is -0.120. The van der Waals surface area contributed by atoms with Crippen LogP contribution in [0.4, 0.5) is 28.4 Å². The van der Waals surface area contributed by atoms with Gasteiger partial charge in [-0.2, -0.15) is 25.5 Å². The molecule has 32 heteroatoms. The van der Waals surface area contributed by atoms with E-state index in [-0.39, 0.29) is 59.7 Å². The lowest BCUT2D eigenvalue weighted by Crippen LogP contribution is -2.35. The first-order chi connectivity index (χ1) is 48.1. The number of hydrogen-bond donors (Lipinski definition) is 5. The van der Waals surface area contributed by atoms with E-state index in [1.165, 1.54) is 0 Å². The fourth-order valence-corrected chi connectivity index (χ4v) is 14.5. The molecule has 0 aromatic carbocycles. The molecular formula is C69H91ClIN25O5. The van der Waals surface area contributed by atoms with Crippen LogP contribution in [0.5, 0.6) is 0 Å². The standard InChI is InChI=1S/C15H21N5O.C14H18IN5O.C14H19N5O.C13H16ClN5O.C13H17N5O/c1-9-7-14(15-16-10(2)11(3)20(15)18-9)19-6-5-13(8-19)17-12(4)21;1-8-6-12(14-16-9(2)13(15)20(14)18-8)19-5-4-11(7-19)17-10(3)21;1-9-6-13(14-15-10(2)7-19(14)17-9)18-5-4-12(8-18)16-11(3)20;1-8-6-19-13(15-8)11(5-12(14)17-19)18-4-3-10(7-18)16-9(2)20;1-9-7-18-13(15-9)12(3-5-14-18)17-6-4-11(8-17)16-10(2)19/h7,13H,5-6,8H2,1-4H3,(H,17,21);6,11H,4-5,7H2,1-3H3,(H,17,21);6-7,12H,4-5,8H2,1-3H3,(H,16,20);5-6,10H,3-4,7H2,1-2H3,(H,16,20);3,5,7,11H,4,6,8H2,1-2H3,(H,16,19)/t13-;11-;12-;10-;11-/m11111/s1. The third-order valence-electron chi connectivity index (χ3n) is 18.2. The Labute approximate surface area is 604 Å². The van der Waals surface area contributed by atoms with Gasteiger partial charge in [0, 0.05) is 136 Å². The Morgan fingerprint density at radius 3 is 1.14 bits per heavy atom. The van der Waals surface area contributed by atoms with E-state index in [2.05, 4.69) is 142 Å². The minimum Gasteiger partial charge on any atom is -0.366 e. The predicted molar refractivity (Wildman–Crippen MR) is 397 cm³/mol. The second kappa shape index (κ2) is 31.2. The molecule has 0 aliphatic carbocycles. The van der Waals surface area contributed by atoms with E-state index in [1.54, 1.807) is 49.8 Å². The summed E-state index contributed by atoms with van der Waals surface area (Å²) in [6, 6.07) is 11.1. The Balaban J connectivity index is 0.000000127. The first-order valence-corrected chi connectivity index (χ1v) is 35.7. The Kier molecular flexibility index (Phi) is 22.4. The lowest BCUT2D eigenvalue weighted by atomic mass is 10.2. The summed E-state index contributed by atoms with van der Waals surface area (Å²) < 4.78 is 10.2. The van der Waals surface area contributed by atoms with Crippen LogP contribution in [0.15, 0.2) is 55.1 Å². The van der Waals surface area contributed by atoms with Gasteiger partial charge in [0.1, 0.15) is 3.70 Å². The second-order valence-electron chi connectivity index (χ2n) is 26.9. The number of nitrogens with one attached hydrogen (secondary N) is 5. The van der Waals surface area contributed by atoms with Crippen LogP contribution in [-0.4, -0.2) is 198 Å². The number of aryl methyl sites for hydroxylation is 9. The van der Waals surface area contributed by atoms with Crippen LogP contribution in [0.3, 0.4) is 0 Å². The van der Waals surface area contributed by atoms with Crippen molar-refractivity contribution in [3.05, 3.63) is 115 Å². The summed E-state index contributed by atoms with van der Waals surface area (Å²) in [4.78, 5) is 90.0. The monoisotopic (exact) mass is 1510 g/mol. The fraction of sp³-hybridized carbons (Fsp3) is 0.493. The highest BCUT2D eigenvalue weighted by Gasteiger charge is 2.31. The molecule has 101 heavy (non-hydrogen) atoms. The molecule has 15 heterocycles. The average molecular weight is 1510 g/mol. The molecule has 10 aromatic heterocycles. The number of carbonyl (C=O) groups is 5. The number of carbonyl (C=O) groups excluding carboxylic acids is 5. The third-order valence-corrected chi connectivity index (χ3v) is 19.6. The van der Waals surface area contributed by atoms with Gasteiger partial charge in [-0.1, -0.05) is 11.6 Å². The molecule has 5 fully saturated rings. The van der Waals surface area contributed by atoms with Gasteiger partial charge in [0.2, 0.25) is 29.5 Å². The quantitative estimate of drug-likeness (QED) is 0.0944. The molecule has 5 aliphatic rings. The molecule has 0 unspecified atom stereocenters. The minimum absolute atomic E-state index is 0.00594. The zero-order valence-corrected chi connectivity index (χ0v) is 62.8. The van der Waals surface area contributed by atoms with Crippen molar-refractivity contribution in [3.63, 3.8) is 0 Å². The maximum Gasteiger partial charge on any atom is 0.217 e. The molecule has 0 spiro atoms. The molecule has 0 bridgehead atoms. The van der Waals surface area contributed by atoms with Gasteiger partial charge in [0.05, 0.1) is 104 Å². The predicted octanol–water partition coefficient (Wildman–Crippen LogP) is 6.25. The van der Waals surface area contributed by atoms with Crippen molar-refractivity contribution < 1.29 is 24.0 Å². The molecule has 5 saturated heterocycles. The lowest BCUT2D eigenvalue weighted by Gasteiger charge is -2.20. The maximum absolute atomic E-state index is 11.2. The molecular weight excluding hydrogens is 1420 g/mol. The summed E-state index contributed by atoms with van der Waals surface area (Å²) in [5.41, 5.74) is 18.5. The number of anilines is 5. The van der Waals surface area contributed by atoms with Crippen molar-refractivity contribution in [2.45, 2.75) is 159 Å². The van der Waals surface area contributed by atoms with E-state index >= 15 is 0 Å². The van der Waals surface area contributed by atoms with Crippen molar-refractivity contribution in [1.29, 1.82) is 0 Å². The number of rotatable bonds is 10. The maximum atomic E-state index is 11.2. The number of aromatic nitrogens is 15. The van der Waals surface area contributed by atoms with Crippen LogP contribution in [0.25, 0.3) is 28.2 Å². The minimum atomic E-state index is 0.00594. The zero-order chi connectivity index (χ0) is 72.2. The van der Waals surface area contributed by atoms with Gasteiger partial charge in [-0.3, -0.25) is 24.0 Å². The summed E-state index contributed by atoms with van der Waals surface area (Å²) >= 11 is 8.35. The van der Waals surface area contributed by atoms with Crippen molar-refractivity contribution in [3.8, 4) is 0 Å². The van der Waals surface area contributed by atoms with E-state index in [0.717, 1.165) is 209 Å². The van der Waals surface area contributed by atoms with Crippen molar-refractivity contribution >= 4 is 120 Å². The number of hydrogen-bond acceptors (Lipinski definition) is 20. The molecule has 15 rings (SSSR count). The van der Waals surface area contributed by atoms with Crippen LogP contribution in [0, 0.1) is 66.0 Å². The number of imidazole rings is 5. The molecule has 30 nitrogen and oxygen atoms in total. The Morgan fingerprint density at radius 1 is 0.396 bits per heavy atom. The highest BCUT2D eigenvalue weighted by molar-refractivity contribution is 14.1. The van der Waals surface area contributed by atoms with Crippen LogP contribution in [-0.2, 0) is 24.0 Å². The van der Waals surface area contributed by atoms with Gasteiger partial charge < -0.3 is 51.1 Å². The first kappa shape index (κ1) is 72.7. The highest BCUT2D eigenvalue weighted by atomic mass is 127. The van der Waals surface area contributed by atoms with E-state index in [1.807, 2.05) is 107 Å². The van der Waals surface area contributed by atoms with Gasteiger partial charge in [0.25, 0.3) is 0 Å². The molecule has 536 valence electrons. The summed E-state index contributed by atoms with van der Waals surface area (Å²) in [5.74, 6) is 0.133. The van der Waals surface area contributed by atoms with Crippen molar-refractivity contribution in [1.82, 2.24) is 99.6 Å². The van der Waals surface area contributed by atoms with Gasteiger partial charge in [-0.15, -0.1) is 0 Å². The van der Waals surface area contributed by atoms with E-state index < -0.39 is 0 Å². The van der Waals surface area contributed by atoms with Gasteiger partial charge >= 0.3 is 0 Å². The summed E-state index contributed by atoms with van der Waals surface area (Å²) in [6.07, 6.45) is 12.3. The SMILES string of the molecule is CC(=O)N[C@@H]1CCN(c2cc(C)nn3c(C)c(C)nc23)C1.CC(=O)N[C@@H]1CCN(c2cc(C)nn3c(I)c(C)nc23)C1.CC(=O)N[C@@H]1CCN(c2cc(C)nn3cc(C)nc23)C1.CC(=O)N[C@@H]1CCN(c2cc(Cl)nn3cc(C)nc23)C1.CC(=O)N[C@@H]1CCN(c2ccnn3cc(C)nc23)C1. The Morgan fingerprint density at radius 2 is 0.723 bits per heavy atom. The molecule has 0 saturated carbocycles. The van der Waals surface area contributed by atoms with E-state index in [4.69, 9.17) is 11.6 Å². The smallest absolute Gasteiger partial charge is 0.217 e. The summed E-state index contributed by atoms with van der Waals surface area (Å²) in [5, 5.41) is 37.4. The van der Waals surface area contributed by atoms with Gasteiger partial charge in [0.15, 0.2) is 33.4 Å². The molecule has 0 radical (unpaired) electrons. The number of halogens is 2. The molecule has 5 amide bonds. The van der Waals surface area contributed by atoms with Crippen LogP contribution in [0.1, 0.15) is 118 Å². The second-order valence-corrected chi connectivity index (χ2v) is 28.3. The zero-order valence-electron chi connectivity index (χ0n) is 59.9. The van der Waals surface area contributed by atoms with Crippen LogP contribution >= 0.6 is 34.2 Å². The summed E-state index contributed by atoms with van der Waals surface area (Å²) in [7, 11) is 0. The van der Waals surface area contributed by atoms with E-state index in [0.29, 0.717) is 5.15 Å². The Hall–Kier alpha value is -9.53. The topological polar surface area (TPSA) is 313 Å². The largest absolute Gasteiger partial charge is 0.366 e. The fourth-order valence-electron chi connectivity index (χ4n) is 13.9. The molecule has 5 N–H and O–H groups in total. The van der Waals surface area contributed by atoms with Crippen LogP contribution in [0.2, 0.25) is 5.15 Å². The van der Waals surface area contributed by atoms with Crippen molar-refractivity contribution in [2.24, 2.45) is 0 Å². The number of nitrogens with zero attached hydrogens (tertiary/aromatic N) is 20. The highest BCUT2D eigenvalue weighted by Crippen LogP contribution is 2.32. The first-order valence-electron chi connectivity index (χ1n) is 34.2. The van der Waals surface area contributed by atoms with Crippen molar-refractivity contribution in [2.75, 3.05) is 89.9 Å². The molecule has 5 atom stereocenters. The number of fused-ring (bicyclic) bond motifs is 5.